The van der Waals surface area contributed by atoms with Crippen LogP contribution in [-0.4, -0.2) is 11.0 Å². The fourth-order valence-corrected chi connectivity index (χ4v) is 0.778. The Morgan fingerprint density at radius 2 is 1.85 bits per heavy atom. The van der Waals surface area contributed by atoms with Crippen molar-refractivity contribution in [3.05, 3.63) is 35.1 Å². The summed E-state index contributed by atoms with van der Waals surface area (Å²) in [6.07, 6.45) is 0. The second kappa shape index (κ2) is 3.34. The van der Waals surface area contributed by atoms with Gasteiger partial charge < -0.3 is 10.9 Å². The number of halogens is 3. The van der Waals surface area contributed by atoms with Gasteiger partial charge in [-0.3, -0.25) is 0 Å². The molecule has 0 aliphatic carbocycles. The van der Waals surface area contributed by atoms with Crippen molar-refractivity contribution >= 4 is 5.84 Å². The Kier molecular flexibility index (Phi) is 2.41. The van der Waals surface area contributed by atoms with Crippen molar-refractivity contribution in [3.8, 4) is 0 Å². The zero-order valence-electron chi connectivity index (χ0n) is 6.26. The van der Waals surface area contributed by atoms with Crippen LogP contribution >= 0.6 is 0 Å². The minimum absolute atomic E-state index is 0.485. The van der Waals surface area contributed by atoms with E-state index < -0.39 is 28.9 Å². The van der Waals surface area contributed by atoms with Crippen LogP contribution < -0.4 is 5.73 Å². The minimum Gasteiger partial charge on any atom is -0.409 e. The predicted molar refractivity (Wildman–Crippen MR) is 38.8 cm³/mol. The Morgan fingerprint density at radius 3 is 2.38 bits per heavy atom. The van der Waals surface area contributed by atoms with Crippen LogP contribution in [0.5, 0.6) is 0 Å². The van der Waals surface area contributed by atoms with Crippen molar-refractivity contribution in [3.63, 3.8) is 0 Å². The van der Waals surface area contributed by atoms with E-state index in [9.17, 15) is 13.2 Å². The molecule has 3 N–H and O–H groups in total. The van der Waals surface area contributed by atoms with Gasteiger partial charge >= 0.3 is 0 Å². The molecule has 3 nitrogen and oxygen atoms in total. The first-order valence-corrected chi connectivity index (χ1v) is 3.19. The molecule has 13 heavy (non-hydrogen) atoms. The van der Waals surface area contributed by atoms with Gasteiger partial charge in [-0.1, -0.05) is 5.16 Å². The number of oxime groups is 1. The maximum absolute atomic E-state index is 12.8. The minimum atomic E-state index is -1.65. The molecule has 0 aliphatic heterocycles. The fourth-order valence-electron chi connectivity index (χ4n) is 0.778. The summed E-state index contributed by atoms with van der Waals surface area (Å²) < 4.78 is 37.7. The van der Waals surface area contributed by atoms with E-state index in [-0.39, 0.29) is 0 Å². The van der Waals surface area contributed by atoms with Crippen LogP contribution in [0.4, 0.5) is 13.2 Å². The summed E-state index contributed by atoms with van der Waals surface area (Å²) in [7, 11) is 0. The Balaban J connectivity index is 3.34. The first kappa shape index (κ1) is 9.37. The lowest BCUT2D eigenvalue weighted by molar-refractivity contribution is 0.318. The lowest BCUT2D eigenvalue weighted by atomic mass is 10.2. The fraction of sp³-hybridized carbons (Fsp3) is 0. The molecule has 1 aromatic carbocycles. The van der Waals surface area contributed by atoms with E-state index in [1.54, 1.807) is 0 Å². The molecule has 6 heteroatoms. The molecule has 0 bridgehead atoms. The van der Waals surface area contributed by atoms with Gasteiger partial charge in [-0.05, 0) is 12.1 Å². The average Bonchev–Trinajstić information content (AvgIpc) is 2.13. The molecule has 1 rings (SSSR count). The van der Waals surface area contributed by atoms with E-state index in [4.69, 9.17) is 10.9 Å². The molecule has 0 radical (unpaired) electrons. The van der Waals surface area contributed by atoms with Crippen molar-refractivity contribution in [2.45, 2.75) is 0 Å². The number of hydrogen-bond acceptors (Lipinski definition) is 2. The number of hydrogen-bond donors (Lipinski definition) is 2. The molecule has 0 atom stereocenters. The summed E-state index contributed by atoms with van der Waals surface area (Å²) in [5.74, 6) is -5.07. The molecule has 0 fully saturated rings. The zero-order chi connectivity index (χ0) is 10.0. The van der Waals surface area contributed by atoms with Crippen LogP contribution in [0.1, 0.15) is 5.56 Å². The molecule has 70 valence electrons. The molecule has 0 amide bonds. The van der Waals surface area contributed by atoms with Crippen LogP contribution in [-0.2, 0) is 0 Å². The van der Waals surface area contributed by atoms with E-state index in [0.717, 1.165) is 6.07 Å². The lowest BCUT2D eigenvalue weighted by Crippen LogP contribution is -2.16. The number of amidine groups is 1. The van der Waals surface area contributed by atoms with Crippen molar-refractivity contribution in [1.29, 1.82) is 0 Å². The number of nitrogens with two attached hydrogens (primary N) is 1. The van der Waals surface area contributed by atoms with Gasteiger partial charge in [0.1, 0.15) is 0 Å². The molecular weight excluding hydrogens is 185 g/mol. The smallest absolute Gasteiger partial charge is 0.195 e. The Labute approximate surface area is 71.3 Å². The van der Waals surface area contributed by atoms with Crippen LogP contribution in [0.25, 0.3) is 0 Å². The third kappa shape index (κ3) is 1.56. The molecule has 0 saturated carbocycles. The van der Waals surface area contributed by atoms with Gasteiger partial charge in [0.25, 0.3) is 0 Å². The summed E-state index contributed by atoms with van der Waals surface area (Å²) >= 11 is 0. The third-order valence-corrected chi connectivity index (χ3v) is 1.42. The average molecular weight is 190 g/mol. The van der Waals surface area contributed by atoms with E-state index in [0.29, 0.717) is 6.07 Å². The Hall–Kier alpha value is -1.72. The van der Waals surface area contributed by atoms with Gasteiger partial charge in [0.15, 0.2) is 23.3 Å². The summed E-state index contributed by atoms with van der Waals surface area (Å²) in [5, 5.41) is 10.6. The van der Waals surface area contributed by atoms with Crippen LogP contribution in [0.15, 0.2) is 17.3 Å². The van der Waals surface area contributed by atoms with Crippen molar-refractivity contribution in [2.75, 3.05) is 0 Å². The SMILES string of the molecule is NC(=NO)c1ccc(F)c(F)c1F. The molecule has 1 aromatic rings. The number of rotatable bonds is 1. The Morgan fingerprint density at radius 1 is 1.23 bits per heavy atom. The summed E-state index contributed by atoms with van der Waals surface area (Å²) in [6.45, 7) is 0. The molecule has 0 unspecified atom stereocenters. The zero-order valence-corrected chi connectivity index (χ0v) is 6.26. The van der Waals surface area contributed by atoms with Crippen molar-refractivity contribution in [2.24, 2.45) is 10.9 Å². The van der Waals surface area contributed by atoms with E-state index in [2.05, 4.69) is 5.16 Å². The summed E-state index contributed by atoms with van der Waals surface area (Å²) in [5.41, 5.74) is 4.50. The number of benzene rings is 1. The second-order valence-corrected chi connectivity index (χ2v) is 2.21. The maximum atomic E-state index is 12.8. The van der Waals surface area contributed by atoms with Gasteiger partial charge in [0, 0.05) is 0 Å². The van der Waals surface area contributed by atoms with Crippen LogP contribution in [0, 0.1) is 17.5 Å². The standard InChI is InChI=1S/C7H5F3N2O/c8-4-2-1-3(7(11)12-13)5(9)6(4)10/h1-2,13H,(H2,11,12). The third-order valence-electron chi connectivity index (χ3n) is 1.42. The van der Waals surface area contributed by atoms with Crippen LogP contribution in [0.3, 0.4) is 0 Å². The van der Waals surface area contributed by atoms with E-state index >= 15 is 0 Å². The first-order chi connectivity index (χ1) is 6.07. The number of nitrogens with zero attached hydrogens (tertiary/aromatic N) is 1. The quantitative estimate of drug-likeness (QED) is 0.230. The first-order valence-electron chi connectivity index (χ1n) is 3.19. The molecule has 0 aliphatic rings. The van der Waals surface area contributed by atoms with Gasteiger partial charge in [-0.2, -0.15) is 0 Å². The maximum Gasteiger partial charge on any atom is 0.195 e. The topological polar surface area (TPSA) is 58.6 Å². The van der Waals surface area contributed by atoms with Crippen molar-refractivity contribution < 1.29 is 18.4 Å². The molecule has 0 heterocycles. The highest BCUT2D eigenvalue weighted by molar-refractivity contribution is 5.97. The largest absolute Gasteiger partial charge is 0.409 e. The highest BCUT2D eigenvalue weighted by Crippen LogP contribution is 2.14. The molecule has 0 saturated heterocycles. The molecular formula is C7H5F3N2O. The van der Waals surface area contributed by atoms with Gasteiger partial charge in [0.2, 0.25) is 0 Å². The lowest BCUT2D eigenvalue weighted by Gasteiger charge is -2.01. The van der Waals surface area contributed by atoms with Gasteiger partial charge in [-0.25, -0.2) is 13.2 Å². The van der Waals surface area contributed by atoms with Gasteiger partial charge in [0.05, 0.1) is 5.56 Å². The Bertz CT molecular complexity index is 365. The second-order valence-electron chi connectivity index (χ2n) is 2.21. The van der Waals surface area contributed by atoms with Gasteiger partial charge in [-0.15, -0.1) is 0 Å². The molecule has 0 aromatic heterocycles. The molecule has 0 spiro atoms. The van der Waals surface area contributed by atoms with E-state index in [1.165, 1.54) is 0 Å². The highest BCUT2D eigenvalue weighted by atomic mass is 19.2. The van der Waals surface area contributed by atoms with Crippen molar-refractivity contribution in [1.82, 2.24) is 0 Å². The summed E-state index contributed by atoms with van der Waals surface area (Å²) in [4.78, 5) is 0. The normalized spacial score (nSPS) is 11.8. The highest BCUT2D eigenvalue weighted by Gasteiger charge is 2.15. The monoisotopic (exact) mass is 190 g/mol. The van der Waals surface area contributed by atoms with E-state index in [1.807, 2.05) is 0 Å². The predicted octanol–water partition coefficient (Wildman–Crippen LogP) is 1.20. The summed E-state index contributed by atoms with van der Waals surface area (Å²) in [6, 6.07) is 1.56. The van der Waals surface area contributed by atoms with Crippen LogP contribution in [0.2, 0.25) is 0 Å².